The maximum absolute atomic E-state index is 12.9. The van der Waals surface area contributed by atoms with Crippen LogP contribution in [0.5, 0.6) is 5.75 Å². The predicted octanol–water partition coefficient (Wildman–Crippen LogP) is 2.21. The molecule has 2 aromatic rings. The molecule has 31 heavy (non-hydrogen) atoms. The van der Waals surface area contributed by atoms with Crippen LogP contribution in [0.2, 0.25) is 0 Å². The number of hydrogen-bond acceptors (Lipinski definition) is 7. The summed E-state index contributed by atoms with van der Waals surface area (Å²) in [5.41, 5.74) is 2.65. The summed E-state index contributed by atoms with van der Waals surface area (Å²) in [5.74, 6) is 1.55. The first-order valence-corrected chi connectivity index (χ1v) is 10.9. The molecule has 1 amide bonds. The van der Waals surface area contributed by atoms with Crippen LogP contribution in [0.15, 0.2) is 30.5 Å². The van der Waals surface area contributed by atoms with E-state index in [2.05, 4.69) is 9.88 Å². The molecule has 8 nitrogen and oxygen atoms in total. The minimum Gasteiger partial charge on any atom is -0.497 e. The molecule has 0 bridgehead atoms. The first kappa shape index (κ1) is 21.5. The van der Waals surface area contributed by atoms with Crippen LogP contribution in [-0.2, 0) is 9.53 Å². The Hall–Kier alpha value is -2.71. The SMILES string of the molecule is COc1cccc(-c2cnc(N(C)C)nc2C2CN(C(=O)CN3CCCC3)CCO2)c1. The Morgan fingerprint density at radius 2 is 2.06 bits per heavy atom. The number of anilines is 1. The van der Waals surface area contributed by atoms with Gasteiger partial charge < -0.3 is 19.3 Å². The summed E-state index contributed by atoms with van der Waals surface area (Å²) in [4.78, 5) is 28.3. The third-order valence-electron chi connectivity index (χ3n) is 5.87. The lowest BCUT2D eigenvalue weighted by atomic mass is 10.0. The normalized spacial score (nSPS) is 19.5. The van der Waals surface area contributed by atoms with Crippen molar-refractivity contribution in [3.8, 4) is 16.9 Å². The molecular formula is C23H31N5O3. The first-order chi connectivity index (χ1) is 15.0. The summed E-state index contributed by atoms with van der Waals surface area (Å²) >= 11 is 0. The van der Waals surface area contributed by atoms with Gasteiger partial charge in [0, 0.05) is 32.4 Å². The molecular weight excluding hydrogens is 394 g/mol. The predicted molar refractivity (Wildman–Crippen MR) is 119 cm³/mol. The smallest absolute Gasteiger partial charge is 0.236 e. The number of aromatic nitrogens is 2. The minimum atomic E-state index is -0.306. The van der Waals surface area contributed by atoms with Crippen molar-refractivity contribution in [2.45, 2.75) is 18.9 Å². The average Bonchev–Trinajstić information content (AvgIpc) is 3.31. The van der Waals surface area contributed by atoms with Crippen LogP contribution in [0.4, 0.5) is 5.95 Å². The molecule has 0 aliphatic carbocycles. The summed E-state index contributed by atoms with van der Waals surface area (Å²) in [6.07, 6.45) is 3.88. The highest BCUT2D eigenvalue weighted by atomic mass is 16.5. The molecule has 1 aromatic heterocycles. The van der Waals surface area contributed by atoms with E-state index in [1.165, 1.54) is 12.8 Å². The highest BCUT2D eigenvalue weighted by Crippen LogP contribution is 2.33. The molecule has 1 unspecified atom stereocenters. The standard InChI is InChI=1S/C23H31N5O3/c1-26(2)23-24-14-19(17-7-6-8-18(13-17)30-3)22(25-23)20-15-28(11-12-31-20)21(29)16-27-9-4-5-10-27/h6-8,13-14,20H,4-5,9-12,15-16H2,1-3H3. The topological polar surface area (TPSA) is 71.0 Å². The van der Waals surface area contributed by atoms with Gasteiger partial charge in [-0.3, -0.25) is 9.69 Å². The highest BCUT2D eigenvalue weighted by Gasteiger charge is 2.30. The van der Waals surface area contributed by atoms with Gasteiger partial charge in [0.1, 0.15) is 11.9 Å². The van der Waals surface area contributed by atoms with Crippen LogP contribution in [0.1, 0.15) is 24.6 Å². The summed E-state index contributed by atoms with van der Waals surface area (Å²) in [6, 6.07) is 7.84. The van der Waals surface area contributed by atoms with Crippen molar-refractivity contribution >= 4 is 11.9 Å². The number of methoxy groups -OCH3 is 1. The van der Waals surface area contributed by atoms with E-state index in [4.69, 9.17) is 14.5 Å². The Bertz CT molecular complexity index is 914. The molecule has 2 saturated heterocycles. The molecule has 2 fully saturated rings. The number of benzene rings is 1. The van der Waals surface area contributed by atoms with Crippen LogP contribution in [0.25, 0.3) is 11.1 Å². The highest BCUT2D eigenvalue weighted by molar-refractivity contribution is 5.78. The monoisotopic (exact) mass is 425 g/mol. The summed E-state index contributed by atoms with van der Waals surface area (Å²) in [7, 11) is 5.48. The van der Waals surface area contributed by atoms with Gasteiger partial charge in [-0.15, -0.1) is 0 Å². The van der Waals surface area contributed by atoms with Gasteiger partial charge >= 0.3 is 0 Å². The van der Waals surface area contributed by atoms with Gasteiger partial charge in [0.05, 0.1) is 32.5 Å². The van der Waals surface area contributed by atoms with Crippen molar-refractivity contribution < 1.29 is 14.3 Å². The van der Waals surface area contributed by atoms with Crippen molar-refractivity contribution in [2.24, 2.45) is 0 Å². The molecule has 3 heterocycles. The Morgan fingerprint density at radius 1 is 1.26 bits per heavy atom. The number of carbonyl (C=O) groups is 1. The van der Waals surface area contributed by atoms with Crippen molar-refractivity contribution in [3.63, 3.8) is 0 Å². The number of nitrogens with zero attached hydrogens (tertiary/aromatic N) is 5. The lowest BCUT2D eigenvalue weighted by Gasteiger charge is -2.34. The zero-order chi connectivity index (χ0) is 21.8. The minimum absolute atomic E-state index is 0.167. The fourth-order valence-electron chi connectivity index (χ4n) is 4.13. The molecule has 8 heteroatoms. The summed E-state index contributed by atoms with van der Waals surface area (Å²) in [5, 5.41) is 0. The van der Waals surface area contributed by atoms with Gasteiger partial charge in [0.2, 0.25) is 11.9 Å². The van der Waals surface area contributed by atoms with E-state index in [-0.39, 0.29) is 12.0 Å². The van der Waals surface area contributed by atoms with Gasteiger partial charge in [-0.05, 0) is 43.6 Å². The zero-order valence-electron chi connectivity index (χ0n) is 18.6. The van der Waals surface area contributed by atoms with Crippen molar-refractivity contribution in [3.05, 3.63) is 36.2 Å². The Labute approximate surface area is 183 Å². The fraction of sp³-hybridized carbons (Fsp3) is 0.522. The maximum atomic E-state index is 12.9. The quantitative estimate of drug-likeness (QED) is 0.703. The van der Waals surface area contributed by atoms with E-state index in [1.807, 2.05) is 54.4 Å². The van der Waals surface area contributed by atoms with E-state index < -0.39 is 0 Å². The molecule has 0 spiro atoms. The van der Waals surface area contributed by atoms with Crippen LogP contribution < -0.4 is 9.64 Å². The number of likely N-dealkylation sites (tertiary alicyclic amines) is 1. The van der Waals surface area contributed by atoms with Crippen LogP contribution >= 0.6 is 0 Å². The van der Waals surface area contributed by atoms with E-state index in [9.17, 15) is 4.79 Å². The molecule has 4 rings (SSSR count). The summed E-state index contributed by atoms with van der Waals surface area (Å²) in [6.45, 7) is 4.11. The number of rotatable bonds is 6. The lowest BCUT2D eigenvalue weighted by molar-refractivity contribution is -0.140. The van der Waals surface area contributed by atoms with Crippen molar-refractivity contribution in [1.82, 2.24) is 19.8 Å². The van der Waals surface area contributed by atoms with Gasteiger partial charge in [0.25, 0.3) is 0 Å². The molecule has 2 aliphatic heterocycles. The number of ether oxygens (including phenoxy) is 2. The Balaban J connectivity index is 1.61. The molecule has 0 radical (unpaired) electrons. The first-order valence-electron chi connectivity index (χ1n) is 10.9. The van der Waals surface area contributed by atoms with Crippen molar-refractivity contribution in [2.75, 3.05) is 65.4 Å². The fourth-order valence-corrected chi connectivity index (χ4v) is 4.13. The number of hydrogen-bond donors (Lipinski definition) is 0. The molecule has 1 aromatic carbocycles. The maximum Gasteiger partial charge on any atom is 0.236 e. The third kappa shape index (κ3) is 4.97. The van der Waals surface area contributed by atoms with Gasteiger partial charge in [-0.1, -0.05) is 12.1 Å². The van der Waals surface area contributed by atoms with Crippen LogP contribution in [0, 0.1) is 0 Å². The molecule has 1 atom stereocenters. The van der Waals surface area contributed by atoms with Crippen LogP contribution in [0.3, 0.4) is 0 Å². The summed E-state index contributed by atoms with van der Waals surface area (Å²) < 4.78 is 11.5. The van der Waals surface area contributed by atoms with E-state index in [0.717, 1.165) is 35.7 Å². The zero-order valence-corrected chi connectivity index (χ0v) is 18.6. The second kappa shape index (κ2) is 9.62. The van der Waals surface area contributed by atoms with Gasteiger partial charge in [0.15, 0.2) is 0 Å². The van der Waals surface area contributed by atoms with E-state index >= 15 is 0 Å². The number of carbonyl (C=O) groups excluding carboxylic acids is 1. The second-order valence-corrected chi connectivity index (χ2v) is 8.28. The Kier molecular flexibility index (Phi) is 6.67. The largest absolute Gasteiger partial charge is 0.497 e. The molecule has 2 aliphatic rings. The second-order valence-electron chi connectivity index (χ2n) is 8.28. The molecule has 0 saturated carbocycles. The third-order valence-corrected chi connectivity index (χ3v) is 5.87. The van der Waals surface area contributed by atoms with Gasteiger partial charge in [-0.25, -0.2) is 9.97 Å². The van der Waals surface area contributed by atoms with Crippen LogP contribution in [-0.4, -0.2) is 86.2 Å². The lowest BCUT2D eigenvalue weighted by Crippen LogP contribution is -2.46. The number of amides is 1. The van der Waals surface area contributed by atoms with E-state index in [1.54, 1.807) is 7.11 Å². The van der Waals surface area contributed by atoms with Crippen molar-refractivity contribution in [1.29, 1.82) is 0 Å². The molecule has 166 valence electrons. The van der Waals surface area contributed by atoms with E-state index in [0.29, 0.717) is 32.2 Å². The Morgan fingerprint density at radius 3 is 2.81 bits per heavy atom. The van der Waals surface area contributed by atoms with Gasteiger partial charge in [-0.2, -0.15) is 0 Å². The number of morpholine rings is 1. The molecule has 0 N–H and O–H groups in total. The average molecular weight is 426 g/mol.